The Morgan fingerprint density at radius 2 is 1.94 bits per heavy atom. The zero-order valence-corrected chi connectivity index (χ0v) is 10.3. The van der Waals surface area contributed by atoms with Gasteiger partial charge in [-0.25, -0.2) is 0 Å². The first-order valence-corrected chi connectivity index (χ1v) is 6.69. The molecule has 0 bridgehead atoms. The van der Waals surface area contributed by atoms with Gasteiger partial charge < -0.3 is 5.32 Å². The molecule has 1 aliphatic carbocycles. The number of hydrogen-bond donors (Lipinski definition) is 1. The van der Waals surface area contributed by atoms with Crippen LogP contribution in [0, 0.1) is 0 Å². The Morgan fingerprint density at radius 3 is 2.50 bits per heavy atom. The highest BCUT2D eigenvalue weighted by Crippen LogP contribution is 2.36. The minimum absolute atomic E-state index is 0.871. The second-order valence-corrected chi connectivity index (χ2v) is 4.83. The maximum atomic E-state index is 3.37. The molecule has 0 amide bonds. The lowest BCUT2D eigenvalue weighted by molar-refractivity contribution is 0.419. The van der Waals surface area contributed by atoms with E-state index in [1.54, 1.807) is 5.56 Å². The standard InChI is InChI=1S/C15H23N/c1-2-16-12-4-5-13-8-10-15(11-9-13)14-6-3-7-14/h8-11,14,16H,2-7,12H2,1H3. The number of aryl methyl sites for hydroxylation is 1. The van der Waals surface area contributed by atoms with E-state index < -0.39 is 0 Å². The lowest BCUT2D eigenvalue weighted by Crippen LogP contribution is -2.14. The molecule has 16 heavy (non-hydrogen) atoms. The van der Waals surface area contributed by atoms with E-state index in [1.165, 1.54) is 37.7 Å². The predicted octanol–water partition coefficient (Wildman–Crippen LogP) is 3.50. The summed E-state index contributed by atoms with van der Waals surface area (Å²) in [6, 6.07) is 9.32. The number of rotatable bonds is 6. The van der Waals surface area contributed by atoms with Crippen molar-refractivity contribution in [2.75, 3.05) is 13.1 Å². The van der Waals surface area contributed by atoms with Gasteiger partial charge in [0.2, 0.25) is 0 Å². The van der Waals surface area contributed by atoms with Crippen LogP contribution in [-0.2, 0) is 6.42 Å². The molecule has 1 aliphatic rings. The second kappa shape index (κ2) is 6.05. The molecule has 0 heterocycles. The summed E-state index contributed by atoms with van der Waals surface area (Å²) >= 11 is 0. The zero-order valence-electron chi connectivity index (χ0n) is 10.3. The maximum Gasteiger partial charge on any atom is -0.00459 e. The van der Waals surface area contributed by atoms with Gasteiger partial charge in [-0.3, -0.25) is 0 Å². The van der Waals surface area contributed by atoms with Crippen LogP contribution in [0.5, 0.6) is 0 Å². The van der Waals surface area contributed by atoms with Gasteiger partial charge in [0, 0.05) is 0 Å². The molecule has 0 atom stereocenters. The molecule has 0 unspecified atom stereocenters. The smallest absolute Gasteiger partial charge is 0.00459 e. The van der Waals surface area contributed by atoms with Crippen LogP contribution in [0.25, 0.3) is 0 Å². The van der Waals surface area contributed by atoms with Gasteiger partial charge in [-0.05, 0) is 55.8 Å². The van der Waals surface area contributed by atoms with Crippen LogP contribution in [0.1, 0.15) is 49.7 Å². The average molecular weight is 217 g/mol. The minimum atomic E-state index is 0.871. The Hall–Kier alpha value is -0.820. The van der Waals surface area contributed by atoms with E-state index in [4.69, 9.17) is 0 Å². The van der Waals surface area contributed by atoms with Gasteiger partial charge in [-0.15, -0.1) is 0 Å². The van der Waals surface area contributed by atoms with Crippen LogP contribution < -0.4 is 5.32 Å². The third-order valence-corrected chi connectivity index (χ3v) is 3.63. The van der Waals surface area contributed by atoms with E-state index >= 15 is 0 Å². The van der Waals surface area contributed by atoms with Gasteiger partial charge in [0.25, 0.3) is 0 Å². The molecule has 1 N–H and O–H groups in total. The lowest BCUT2D eigenvalue weighted by atomic mass is 9.80. The van der Waals surface area contributed by atoms with Crippen molar-refractivity contribution < 1.29 is 0 Å². The molecule has 1 fully saturated rings. The molecule has 1 nitrogen and oxygen atoms in total. The first-order chi connectivity index (χ1) is 7.90. The van der Waals surface area contributed by atoms with Crippen LogP contribution in [0.15, 0.2) is 24.3 Å². The second-order valence-electron chi connectivity index (χ2n) is 4.83. The Kier molecular flexibility index (Phi) is 4.41. The fraction of sp³-hybridized carbons (Fsp3) is 0.600. The van der Waals surface area contributed by atoms with Crippen LogP contribution in [0.3, 0.4) is 0 Å². The summed E-state index contributed by atoms with van der Waals surface area (Å²) in [5, 5.41) is 3.37. The van der Waals surface area contributed by atoms with Gasteiger partial charge in [0.15, 0.2) is 0 Å². The summed E-state index contributed by atoms with van der Waals surface area (Å²) in [4.78, 5) is 0. The minimum Gasteiger partial charge on any atom is -0.317 e. The third kappa shape index (κ3) is 3.08. The van der Waals surface area contributed by atoms with Crippen LogP contribution in [0.2, 0.25) is 0 Å². The van der Waals surface area contributed by atoms with E-state index in [0.717, 1.165) is 19.0 Å². The molecule has 1 aromatic carbocycles. The van der Waals surface area contributed by atoms with Crippen molar-refractivity contribution in [2.24, 2.45) is 0 Å². The highest BCUT2D eigenvalue weighted by molar-refractivity contribution is 5.26. The van der Waals surface area contributed by atoms with Crippen molar-refractivity contribution in [3.63, 3.8) is 0 Å². The first kappa shape index (κ1) is 11.7. The van der Waals surface area contributed by atoms with E-state index in [2.05, 4.69) is 36.5 Å². The Labute approximate surface area is 99.3 Å². The number of benzene rings is 1. The third-order valence-electron chi connectivity index (χ3n) is 3.63. The van der Waals surface area contributed by atoms with Crippen LogP contribution >= 0.6 is 0 Å². The van der Waals surface area contributed by atoms with Gasteiger partial charge in [0.05, 0.1) is 0 Å². The molecular formula is C15H23N. The predicted molar refractivity (Wildman–Crippen MR) is 69.9 cm³/mol. The SMILES string of the molecule is CCNCCCc1ccc(C2CCC2)cc1. The number of nitrogens with one attached hydrogen (secondary N) is 1. The molecule has 0 radical (unpaired) electrons. The first-order valence-electron chi connectivity index (χ1n) is 6.69. The molecule has 2 rings (SSSR count). The summed E-state index contributed by atoms with van der Waals surface area (Å²) in [5.41, 5.74) is 3.04. The summed E-state index contributed by atoms with van der Waals surface area (Å²) < 4.78 is 0. The molecule has 0 spiro atoms. The largest absolute Gasteiger partial charge is 0.317 e. The summed E-state index contributed by atoms with van der Waals surface area (Å²) in [6.07, 6.45) is 6.68. The van der Waals surface area contributed by atoms with E-state index in [9.17, 15) is 0 Å². The van der Waals surface area contributed by atoms with Crippen molar-refractivity contribution in [3.8, 4) is 0 Å². The highest BCUT2D eigenvalue weighted by Gasteiger charge is 2.18. The van der Waals surface area contributed by atoms with Gasteiger partial charge in [-0.2, -0.15) is 0 Å². The molecule has 0 saturated heterocycles. The van der Waals surface area contributed by atoms with Crippen molar-refractivity contribution >= 4 is 0 Å². The van der Waals surface area contributed by atoms with E-state index in [1.807, 2.05) is 0 Å². The number of hydrogen-bond acceptors (Lipinski definition) is 1. The Morgan fingerprint density at radius 1 is 1.19 bits per heavy atom. The Bertz CT molecular complexity index is 298. The lowest BCUT2D eigenvalue weighted by Gasteiger charge is -2.25. The molecule has 1 saturated carbocycles. The van der Waals surface area contributed by atoms with Gasteiger partial charge >= 0.3 is 0 Å². The zero-order chi connectivity index (χ0) is 11.2. The van der Waals surface area contributed by atoms with E-state index in [0.29, 0.717) is 0 Å². The molecule has 1 aromatic rings. The molecule has 88 valence electrons. The van der Waals surface area contributed by atoms with Crippen LogP contribution in [-0.4, -0.2) is 13.1 Å². The van der Waals surface area contributed by atoms with Gasteiger partial charge in [-0.1, -0.05) is 37.6 Å². The highest BCUT2D eigenvalue weighted by atomic mass is 14.8. The van der Waals surface area contributed by atoms with Crippen molar-refractivity contribution in [1.82, 2.24) is 5.32 Å². The Balaban J connectivity index is 1.77. The van der Waals surface area contributed by atoms with Crippen molar-refractivity contribution in [2.45, 2.75) is 44.9 Å². The average Bonchev–Trinajstić information content (AvgIpc) is 2.24. The van der Waals surface area contributed by atoms with Crippen molar-refractivity contribution in [1.29, 1.82) is 0 Å². The quantitative estimate of drug-likeness (QED) is 0.719. The fourth-order valence-electron chi connectivity index (χ4n) is 2.29. The van der Waals surface area contributed by atoms with Crippen molar-refractivity contribution in [3.05, 3.63) is 35.4 Å². The molecular weight excluding hydrogens is 194 g/mol. The summed E-state index contributed by atoms with van der Waals surface area (Å²) in [6.45, 7) is 4.38. The molecule has 0 aromatic heterocycles. The van der Waals surface area contributed by atoms with E-state index in [-0.39, 0.29) is 0 Å². The topological polar surface area (TPSA) is 12.0 Å². The maximum absolute atomic E-state index is 3.37. The fourth-order valence-corrected chi connectivity index (χ4v) is 2.29. The molecule has 1 heteroatoms. The normalized spacial score (nSPS) is 16.1. The summed E-state index contributed by atoms with van der Waals surface area (Å²) in [7, 11) is 0. The molecule has 0 aliphatic heterocycles. The summed E-state index contributed by atoms with van der Waals surface area (Å²) in [5.74, 6) is 0.871. The van der Waals surface area contributed by atoms with Gasteiger partial charge in [0.1, 0.15) is 0 Å². The van der Waals surface area contributed by atoms with Crippen LogP contribution in [0.4, 0.5) is 0 Å². The monoisotopic (exact) mass is 217 g/mol.